The Bertz CT molecular complexity index is 484. The van der Waals surface area contributed by atoms with Crippen LogP contribution in [0.1, 0.15) is 28.8 Å². The fourth-order valence-electron chi connectivity index (χ4n) is 2.64. The van der Waals surface area contributed by atoms with E-state index < -0.39 is 12.1 Å². The number of aryl methyl sites for hydroxylation is 1. The second kappa shape index (κ2) is 5.95. The molecule has 1 aliphatic heterocycles. The number of carbonyl (C=O) groups is 1. The summed E-state index contributed by atoms with van der Waals surface area (Å²) >= 11 is 0. The summed E-state index contributed by atoms with van der Waals surface area (Å²) in [4.78, 5) is 13.8. The number of piperidine rings is 1. The smallest absolute Gasteiger partial charge is 0.295 e. The zero-order valence-corrected chi connectivity index (χ0v) is 11.4. The van der Waals surface area contributed by atoms with E-state index in [2.05, 4.69) is 0 Å². The van der Waals surface area contributed by atoms with Gasteiger partial charge in [0.1, 0.15) is 0 Å². The van der Waals surface area contributed by atoms with Gasteiger partial charge in [0.2, 0.25) is 0 Å². The number of rotatable bonds is 3. The zero-order chi connectivity index (χ0) is 14.8. The summed E-state index contributed by atoms with van der Waals surface area (Å²) in [5.41, 5.74) is 1.46. The molecule has 1 aliphatic rings. The fourth-order valence-corrected chi connectivity index (χ4v) is 2.64. The van der Waals surface area contributed by atoms with Gasteiger partial charge in [-0.2, -0.15) is 13.2 Å². The van der Waals surface area contributed by atoms with Gasteiger partial charge >= 0.3 is 6.18 Å². The second-order valence-electron chi connectivity index (χ2n) is 5.35. The first-order valence-corrected chi connectivity index (χ1v) is 6.76. The SMILES string of the molecule is Cc1ccccc1C(=O)CN1CCCC(C(F)(F)F)C1. The number of likely N-dealkylation sites (tertiary alicyclic amines) is 1. The van der Waals surface area contributed by atoms with Crippen LogP contribution in [0.15, 0.2) is 24.3 Å². The van der Waals surface area contributed by atoms with E-state index in [1.165, 1.54) is 0 Å². The Hall–Kier alpha value is -1.36. The van der Waals surface area contributed by atoms with Crippen molar-refractivity contribution in [1.29, 1.82) is 0 Å². The molecule has 1 aromatic carbocycles. The van der Waals surface area contributed by atoms with Crippen LogP contribution in [0.4, 0.5) is 13.2 Å². The highest BCUT2D eigenvalue weighted by molar-refractivity contribution is 5.98. The third-order valence-electron chi connectivity index (χ3n) is 3.78. The molecule has 0 amide bonds. The minimum Gasteiger partial charge on any atom is -0.295 e. The zero-order valence-electron chi connectivity index (χ0n) is 11.4. The van der Waals surface area contributed by atoms with Crippen molar-refractivity contribution in [3.63, 3.8) is 0 Å². The normalized spacial score (nSPS) is 20.9. The van der Waals surface area contributed by atoms with Crippen LogP contribution in [0.3, 0.4) is 0 Å². The minimum absolute atomic E-state index is 0.0669. The van der Waals surface area contributed by atoms with Crippen LogP contribution in [0.25, 0.3) is 0 Å². The number of alkyl halides is 3. The Morgan fingerprint density at radius 3 is 2.70 bits per heavy atom. The van der Waals surface area contributed by atoms with Crippen LogP contribution < -0.4 is 0 Å². The molecular formula is C15H18F3NO. The summed E-state index contributed by atoms with van der Waals surface area (Å²) in [6, 6.07) is 7.17. The molecule has 0 radical (unpaired) electrons. The molecule has 1 fully saturated rings. The van der Waals surface area contributed by atoms with E-state index in [4.69, 9.17) is 0 Å². The molecule has 0 aromatic heterocycles. The molecule has 1 aromatic rings. The van der Waals surface area contributed by atoms with Gasteiger partial charge in [0, 0.05) is 12.1 Å². The number of carbonyl (C=O) groups excluding carboxylic acids is 1. The summed E-state index contributed by atoms with van der Waals surface area (Å²) in [6.07, 6.45) is -3.51. The molecule has 0 saturated carbocycles. The van der Waals surface area contributed by atoms with Gasteiger partial charge < -0.3 is 0 Å². The molecule has 1 heterocycles. The average Bonchev–Trinajstić information content (AvgIpc) is 2.38. The lowest BCUT2D eigenvalue weighted by Crippen LogP contribution is -2.43. The Labute approximate surface area is 116 Å². The highest BCUT2D eigenvalue weighted by atomic mass is 19.4. The Kier molecular flexibility index (Phi) is 4.48. The molecule has 2 rings (SSSR count). The molecule has 1 unspecified atom stereocenters. The van der Waals surface area contributed by atoms with Gasteiger partial charge in [-0.1, -0.05) is 24.3 Å². The first kappa shape index (κ1) is 15.0. The van der Waals surface area contributed by atoms with Crippen molar-refractivity contribution in [2.75, 3.05) is 19.6 Å². The van der Waals surface area contributed by atoms with Gasteiger partial charge in [-0.05, 0) is 31.9 Å². The topological polar surface area (TPSA) is 20.3 Å². The van der Waals surface area contributed by atoms with Crippen molar-refractivity contribution in [1.82, 2.24) is 4.90 Å². The Morgan fingerprint density at radius 2 is 2.05 bits per heavy atom. The number of Topliss-reactive ketones (excluding diaryl/α,β-unsaturated/α-hetero) is 1. The van der Waals surface area contributed by atoms with Crippen LogP contribution in [0.5, 0.6) is 0 Å². The molecule has 1 atom stereocenters. The largest absolute Gasteiger partial charge is 0.393 e. The number of nitrogens with zero attached hydrogens (tertiary/aromatic N) is 1. The molecule has 5 heteroatoms. The van der Waals surface area contributed by atoms with Crippen LogP contribution in [0.2, 0.25) is 0 Å². The summed E-state index contributed by atoms with van der Waals surface area (Å²) < 4.78 is 38.2. The fraction of sp³-hybridized carbons (Fsp3) is 0.533. The molecule has 0 aliphatic carbocycles. The number of benzene rings is 1. The first-order valence-electron chi connectivity index (χ1n) is 6.76. The molecular weight excluding hydrogens is 267 g/mol. The number of ketones is 1. The van der Waals surface area contributed by atoms with Gasteiger partial charge in [0.25, 0.3) is 0 Å². The molecule has 0 N–H and O–H groups in total. The van der Waals surface area contributed by atoms with Gasteiger partial charge in [-0.15, -0.1) is 0 Å². The van der Waals surface area contributed by atoms with Crippen LogP contribution in [-0.4, -0.2) is 36.5 Å². The highest BCUT2D eigenvalue weighted by Crippen LogP contribution is 2.33. The van der Waals surface area contributed by atoms with E-state index >= 15 is 0 Å². The van der Waals surface area contributed by atoms with Gasteiger partial charge in [0.05, 0.1) is 12.5 Å². The monoisotopic (exact) mass is 285 g/mol. The van der Waals surface area contributed by atoms with Crippen molar-refractivity contribution in [2.45, 2.75) is 25.9 Å². The van der Waals surface area contributed by atoms with E-state index in [0.29, 0.717) is 18.5 Å². The Morgan fingerprint density at radius 1 is 1.35 bits per heavy atom. The summed E-state index contributed by atoms with van der Waals surface area (Å²) in [6.45, 7) is 2.39. The maximum absolute atomic E-state index is 12.7. The number of hydrogen-bond acceptors (Lipinski definition) is 2. The van der Waals surface area contributed by atoms with E-state index in [-0.39, 0.29) is 25.3 Å². The maximum atomic E-state index is 12.7. The standard InChI is InChI=1S/C15H18F3NO/c1-11-5-2-3-7-13(11)14(20)10-19-8-4-6-12(9-19)15(16,17)18/h2-3,5,7,12H,4,6,8-10H2,1H3. The van der Waals surface area contributed by atoms with Crippen molar-refractivity contribution in [2.24, 2.45) is 5.92 Å². The van der Waals surface area contributed by atoms with Gasteiger partial charge in [-0.3, -0.25) is 9.69 Å². The molecule has 0 bridgehead atoms. The van der Waals surface area contributed by atoms with E-state index in [9.17, 15) is 18.0 Å². The van der Waals surface area contributed by atoms with Crippen molar-refractivity contribution < 1.29 is 18.0 Å². The second-order valence-corrected chi connectivity index (χ2v) is 5.35. The van der Waals surface area contributed by atoms with Gasteiger partial charge in [0.15, 0.2) is 5.78 Å². The molecule has 2 nitrogen and oxygen atoms in total. The summed E-state index contributed by atoms with van der Waals surface area (Å²) in [5, 5.41) is 0. The summed E-state index contributed by atoms with van der Waals surface area (Å²) in [5.74, 6) is -1.41. The lowest BCUT2D eigenvalue weighted by molar-refractivity contribution is -0.186. The van der Waals surface area contributed by atoms with E-state index in [1.807, 2.05) is 19.1 Å². The number of halogens is 3. The minimum atomic E-state index is -4.16. The van der Waals surface area contributed by atoms with E-state index in [0.717, 1.165) is 5.56 Å². The molecule has 20 heavy (non-hydrogen) atoms. The number of hydrogen-bond donors (Lipinski definition) is 0. The Balaban J connectivity index is 2.00. The van der Waals surface area contributed by atoms with Crippen molar-refractivity contribution in [3.8, 4) is 0 Å². The van der Waals surface area contributed by atoms with Crippen molar-refractivity contribution >= 4 is 5.78 Å². The molecule has 0 spiro atoms. The quantitative estimate of drug-likeness (QED) is 0.793. The highest BCUT2D eigenvalue weighted by Gasteiger charge is 2.41. The molecule has 1 saturated heterocycles. The average molecular weight is 285 g/mol. The van der Waals surface area contributed by atoms with Crippen molar-refractivity contribution in [3.05, 3.63) is 35.4 Å². The van der Waals surface area contributed by atoms with Gasteiger partial charge in [-0.25, -0.2) is 0 Å². The van der Waals surface area contributed by atoms with Crippen LogP contribution >= 0.6 is 0 Å². The third kappa shape index (κ3) is 3.60. The van der Waals surface area contributed by atoms with Crippen LogP contribution in [0, 0.1) is 12.8 Å². The maximum Gasteiger partial charge on any atom is 0.393 e. The predicted octanol–water partition coefficient (Wildman–Crippen LogP) is 3.45. The lowest BCUT2D eigenvalue weighted by atomic mass is 9.96. The van der Waals surface area contributed by atoms with E-state index in [1.54, 1.807) is 17.0 Å². The molecule has 110 valence electrons. The third-order valence-corrected chi connectivity index (χ3v) is 3.78. The van der Waals surface area contributed by atoms with Crippen LogP contribution in [-0.2, 0) is 0 Å². The predicted molar refractivity (Wildman–Crippen MR) is 70.7 cm³/mol. The first-order chi connectivity index (χ1) is 9.38. The lowest BCUT2D eigenvalue weighted by Gasteiger charge is -2.33. The summed E-state index contributed by atoms with van der Waals surface area (Å²) in [7, 11) is 0.